The molecule has 1 N–H and O–H groups in total. The molecule has 0 atom stereocenters. The molecule has 2 heterocycles. The van der Waals surface area contributed by atoms with Gasteiger partial charge in [0.25, 0.3) is 0 Å². The van der Waals surface area contributed by atoms with Crippen LogP contribution >= 0.6 is 0 Å². The molecule has 0 saturated carbocycles. The molecule has 0 aliphatic heterocycles. The zero-order valence-electron chi connectivity index (χ0n) is 10.9. The Kier molecular flexibility index (Phi) is 3.14. The van der Waals surface area contributed by atoms with Gasteiger partial charge in [0.15, 0.2) is 0 Å². The lowest BCUT2D eigenvalue weighted by molar-refractivity contribution is 0.742. The Morgan fingerprint density at radius 1 is 1.16 bits per heavy atom. The van der Waals surface area contributed by atoms with Crippen molar-refractivity contribution in [1.29, 1.82) is 0 Å². The number of fused-ring (bicyclic) bond motifs is 1. The maximum absolute atomic E-state index is 4.41. The molecule has 0 amide bonds. The predicted octanol–water partition coefficient (Wildman–Crippen LogP) is 2.62. The number of anilines is 1. The summed E-state index contributed by atoms with van der Waals surface area (Å²) in [4.78, 5) is 4.41. The van der Waals surface area contributed by atoms with Gasteiger partial charge in [0.05, 0.1) is 5.69 Å². The fraction of sp³-hybridized carbons (Fsp3) is 0.200. The third-order valence-electron chi connectivity index (χ3n) is 3.12. The normalized spacial score (nSPS) is 10.8. The number of aryl methyl sites for hydroxylation is 1. The molecule has 0 radical (unpaired) electrons. The third-order valence-corrected chi connectivity index (χ3v) is 3.12. The molecule has 0 fully saturated rings. The highest BCUT2D eigenvalue weighted by atomic mass is 15.2. The number of nitrogens with zero attached hydrogens (tertiary/aromatic N) is 3. The van der Waals surface area contributed by atoms with E-state index in [4.69, 9.17) is 0 Å². The molecule has 0 bridgehead atoms. The first-order valence-electron chi connectivity index (χ1n) is 6.39. The Hall–Kier alpha value is -2.36. The summed E-state index contributed by atoms with van der Waals surface area (Å²) in [6.45, 7) is 0.831. The van der Waals surface area contributed by atoms with E-state index < -0.39 is 0 Å². The van der Waals surface area contributed by atoms with Crippen molar-refractivity contribution in [2.24, 2.45) is 7.05 Å². The van der Waals surface area contributed by atoms with E-state index in [0.29, 0.717) is 0 Å². The maximum atomic E-state index is 4.41. The van der Waals surface area contributed by atoms with Gasteiger partial charge in [-0.05, 0) is 17.5 Å². The van der Waals surface area contributed by atoms with E-state index in [0.717, 1.165) is 29.9 Å². The predicted molar refractivity (Wildman–Crippen MR) is 77.1 cm³/mol. The summed E-state index contributed by atoms with van der Waals surface area (Å²) in [6.07, 6.45) is 4.70. The molecular weight excluding hydrogens is 236 g/mol. The molecule has 4 heteroatoms. The van der Waals surface area contributed by atoms with Gasteiger partial charge in [-0.1, -0.05) is 24.3 Å². The van der Waals surface area contributed by atoms with Crippen LogP contribution < -0.4 is 5.32 Å². The van der Waals surface area contributed by atoms with Crippen LogP contribution in [0.4, 0.5) is 5.82 Å². The van der Waals surface area contributed by atoms with E-state index in [1.807, 2.05) is 48.4 Å². The standard InChI is InChI=1S/C15H16N4/c1-19-11-8-13(18-19)7-10-17-15-14-5-3-2-4-12(14)6-9-16-15/h2-6,8-9,11H,7,10H2,1H3,(H,16,17). The second-order valence-corrected chi connectivity index (χ2v) is 4.54. The van der Waals surface area contributed by atoms with Crippen molar-refractivity contribution >= 4 is 16.6 Å². The Balaban J connectivity index is 1.71. The van der Waals surface area contributed by atoms with Gasteiger partial charge in [0, 0.05) is 37.8 Å². The van der Waals surface area contributed by atoms with Crippen molar-refractivity contribution in [1.82, 2.24) is 14.8 Å². The molecule has 3 aromatic rings. The van der Waals surface area contributed by atoms with Gasteiger partial charge < -0.3 is 5.32 Å². The van der Waals surface area contributed by atoms with Crippen molar-refractivity contribution in [2.75, 3.05) is 11.9 Å². The molecule has 0 aliphatic rings. The average Bonchev–Trinajstić information content (AvgIpc) is 2.85. The highest BCUT2D eigenvalue weighted by molar-refractivity contribution is 5.91. The smallest absolute Gasteiger partial charge is 0.133 e. The van der Waals surface area contributed by atoms with Crippen LogP contribution in [0.25, 0.3) is 10.8 Å². The van der Waals surface area contributed by atoms with E-state index >= 15 is 0 Å². The van der Waals surface area contributed by atoms with E-state index in [2.05, 4.69) is 27.5 Å². The Morgan fingerprint density at radius 2 is 2.05 bits per heavy atom. The number of pyridine rings is 1. The van der Waals surface area contributed by atoms with Crippen LogP contribution in [0.15, 0.2) is 48.8 Å². The number of aromatic nitrogens is 3. The molecule has 19 heavy (non-hydrogen) atoms. The summed E-state index contributed by atoms with van der Waals surface area (Å²) in [7, 11) is 1.93. The summed E-state index contributed by atoms with van der Waals surface area (Å²) in [6, 6.07) is 12.3. The first-order chi connectivity index (χ1) is 9.33. The minimum absolute atomic E-state index is 0.831. The van der Waals surface area contributed by atoms with Crippen molar-refractivity contribution in [3.05, 3.63) is 54.5 Å². The van der Waals surface area contributed by atoms with E-state index in [9.17, 15) is 0 Å². The quantitative estimate of drug-likeness (QED) is 0.776. The summed E-state index contributed by atoms with van der Waals surface area (Å²) in [5.41, 5.74) is 1.09. The Bertz CT molecular complexity index is 682. The van der Waals surface area contributed by atoms with Gasteiger partial charge in [-0.2, -0.15) is 5.10 Å². The fourth-order valence-corrected chi connectivity index (χ4v) is 2.17. The van der Waals surface area contributed by atoms with E-state index in [-0.39, 0.29) is 0 Å². The number of hydrogen-bond donors (Lipinski definition) is 1. The van der Waals surface area contributed by atoms with E-state index in [1.165, 1.54) is 5.39 Å². The van der Waals surface area contributed by atoms with Gasteiger partial charge in [-0.3, -0.25) is 4.68 Å². The number of benzene rings is 1. The minimum atomic E-state index is 0.831. The number of hydrogen-bond acceptors (Lipinski definition) is 3. The first kappa shape index (κ1) is 11.7. The monoisotopic (exact) mass is 252 g/mol. The van der Waals surface area contributed by atoms with Crippen LogP contribution in [-0.4, -0.2) is 21.3 Å². The summed E-state index contributed by atoms with van der Waals surface area (Å²) in [5.74, 6) is 0.939. The van der Waals surface area contributed by atoms with Crippen LogP contribution in [0.3, 0.4) is 0 Å². The Morgan fingerprint density at radius 3 is 2.89 bits per heavy atom. The number of rotatable bonds is 4. The van der Waals surface area contributed by atoms with Gasteiger partial charge in [-0.15, -0.1) is 0 Å². The van der Waals surface area contributed by atoms with Crippen molar-refractivity contribution < 1.29 is 0 Å². The molecule has 0 spiro atoms. The molecular formula is C15H16N4. The molecule has 0 unspecified atom stereocenters. The maximum Gasteiger partial charge on any atom is 0.133 e. The summed E-state index contributed by atoms with van der Waals surface area (Å²) >= 11 is 0. The second-order valence-electron chi connectivity index (χ2n) is 4.54. The first-order valence-corrected chi connectivity index (χ1v) is 6.39. The largest absolute Gasteiger partial charge is 0.369 e. The zero-order chi connectivity index (χ0) is 13.1. The zero-order valence-corrected chi connectivity index (χ0v) is 10.9. The summed E-state index contributed by atoms with van der Waals surface area (Å²) in [5, 5.41) is 10.1. The highest BCUT2D eigenvalue weighted by Crippen LogP contribution is 2.20. The van der Waals surface area contributed by atoms with Crippen LogP contribution in [-0.2, 0) is 13.5 Å². The van der Waals surface area contributed by atoms with Gasteiger partial charge in [-0.25, -0.2) is 4.98 Å². The average molecular weight is 252 g/mol. The van der Waals surface area contributed by atoms with Crippen LogP contribution in [0.1, 0.15) is 5.69 Å². The van der Waals surface area contributed by atoms with Gasteiger partial charge >= 0.3 is 0 Å². The van der Waals surface area contributed by atoms with E-state index in [1.54, 1.807) is 0 Å². The van der Waals surface area contributed by atoms with Crippen LogP contribution in [0.5, 0.6) is 0 Å². The lowest BCUT2D eigenvalue weighted by Gasteiger charge is -2.07. The van der Waals surface area contributed by atoms with Crippen LogP contribution in [0.2, 0.25) is 0 Å². The van der Waals surface area contributed by atoms with Gasteiger partial charge in [0.1, 0.15) is 5.82 Å². The SMILES string of the molecule is Cn1ccc(CCNc2nccc3ccccc23)n1. The topological polar surface area (TPSA) is 42.7 Å². The third kappa shape index (κ3) is 2.57. The molecule has 4 nitrogen and oxygen atoms in total. The van der Waals surface area contributed by atoms with Crippen molar-refractivity contribution in [2.45, 2.75) is 6.42 Å². The number of nitrogens with one attached hydrogen (secondary N) is 1. The lowest BCUT2D eigenvalue weighted by Crippen LogP contribution is -2.07. The summed E-state index contributed by atoms with van der Waals surface area (Å²) < 4.78 is 1.82. The Labute approximate surface area is 112 Å². The van der Waals surface area contributed by atoms with Crippen LogP contribution in [0, 0.1) is 0 Å². The fourth-order valence-electron chi connectivity index (χ4n) is 2.17. The molecule has 1 aromatic carbocycles. The molecule has 96 valence electrons. The van der Waals surface area contributed by atoms with Crippen molar-refractivity contribution in [3.63, 3.8) is 0 Å². The molecule has 3 rings (SSSR count). The lowest BCUT2D eigenvalue weighted by atomic mass is 10.1. The molecule has 0 aliphatic carbocycles. The highest BCUT2D eigenvalue weighted by Gasteiger charge is 2.01. The second kappa shape index (κ2) is 5.10. The molecule has 0 saturated heterocycles. The minimum Gasteiger partial charge on any atom is -0.369 e. The molecule has 2 aromatic heterocycles. The van der Waals surface area contributed by atoms with Gasteiger partial charge in [0.2, 0.25) is 0 Å². The van der Waals surface area contributed by atoms with Crippen molar-refractivity contribution in [3.8, 4) is 0 Å².